The molecule has 2 aliphatic rings. The molecule has 6 nitrogen and oxygen atoms in total. The van der Waals surface area contributed by atoms with Gasteiger partial charge in [-0.15, -0.1) is 11.3 Å². The van der Waals surface area contributed by atoms with E-state index in [2.05, 4.69) is 16.8 Å². The molecule has 2 amide bonds. The molecule has 1 atom stereocenters. The van der Waals surface area contributed by atoms with Gasteiger partial charge in [0.15, 0.2) is 11.5 Å². The smallest absolute Gasteiger partial charge is 0.318 e. The Hall–Kier alpha value is -2.25. The van der Waals surface area contributed by atoms with Gasteiger partial charge in [0.2, 0.25) is 6.79 Å². The van der Waals surface area contributed by atoms with Crippen molar-refractivity contribution in [2.24, 2.45) is 0 Å². The summed E-state index contributed by atoms with van der Waals surface area (Å²) in [4.78, 5) is 16.2. The molecule has 0 spiro atoms. The number of nitrogens with one attached hydrogen (secondary N) is 1. The van der Waals surface area contributed by atoms with E-state index in [0.29, 0.717) is 19.7 Å². The number of fused-ring (bicyclic) bond motifs is 2. The average Bonchev–Trinajstić information content (AvgIpc) is 3.34. The zero-order chi connectivity index (χ0) is 18.6. The highest BCUT2D eigenvalue weighted by Gasteiger charge is 2.25. The summed E-state index contributed by atoms with van der Waals surface area (Å²) in [5, 5.41) is 5.34. The second-order valence-electron chi connectivity index (χ2n) is 6.80. The van der Waals surface area contributed by atoms with Crippen LogP contribution in [-0.2, 0) is 17.7 Å². The largest absolute Gasteiger partial charge is 0.454 e. The predicted molar refractivity (Wildman–Crippen MR) is 103 cm³/mol. The van der Waals surface area contributed by atoms with Gasteiger partial charge in [-0.2, -0.15) is 0 Å². The summed E-state index contributed by atoms with van der Waals surface area (Å²) >= 11 is 1.78. The van der Waals surface area contributed by atoms with Crippen molar-refractivity contribution in [3.8, 4) is 11.5 Å². The standard InChI is InChI=1S/C20H24N2O4S/c1-24-9-8-22(12-14-5-6-17-18(11-14)26-13-25-17)20(23)21-16-3-2-4-19-15(16)7-10-27-19/h5-7,10-11,16H,2-4,8-9,12-13H2,1H3,(H,21,23)/t16-/m0/s1. The van der Waals surface area contributed by atoms with E-state index >= 15 is 0 Å². The third kappa shape index (κ3) is 4.04. The molecule has 27 heavy (non-hydrogen) atoms. The first-order valence-electron chi connectivity index (χ1n) is 9.24. The van der Waals surface area contributed by atoms with E-state index in [0.717, 1.165) is 36.3 Å². The Morgan fingerprint density at radius 3 is 3.11 bits per heavy atom. The number of ether oxygens (including phenoxy) is 3. The molecule has 0 unspecified atom stereocenters. The maximum absolute atomic E-state index is 13.0. The van der Waals surface area contributed by atoms with E-state index in [1.54, 1.807) is 23.3 Å². The lowest BCUT2D eigenvalue weighted by atomic mass is 9.94. The van der Waals surface area contributed by atoms with Crippen LogP contribution >= 0.6 is 11.3 Å². The SMILES string of the molecule is COCCN(Cc1ccc2c(c1)OCO2)C(=O)N[C@H]1CCCc2sccc21. The van der Waals surface area contributed by atoms with Gasteiger partial charge in [0.25, 0.3) is 0 Å². The second kappa shape index (κ2) is 8.19. The van der Waals surface area contributed by atoms with Crippen molar-refractivity contribution in [2.45, 2.75) is 31.8 Å². The first-order valence-corrected chi connectivity index (χ1v) is 10.1. The number of carbonyl (C=O) groups is 1. The number of methoxy groups -OCH3 is 1. The lowest BCUT2D eigenvalue weighted by Gasteiger charge is -2.29. The molecule has 1 aliphatic heterocycles. The van der Waals surface area contributed by atoms with E-state index in [-0.39, 0.29) is 18.9 Å². The van der Waals surface area contributed by atoms with Crippen LogP contribution in [-0.4, -0.2) is 38.0 Å². The van der Waals surface area contributed by atoms with Gasteiger partial charge in [-0.25, -0.2) is 4.79 Å². The Balaban J connectivity index is 1.46. The Kier molecular flexibility index (Phi) is 5.50. The number of urea groups is 1. The first kappa shape index (κ1) is 18.1. The van der Waals surface area contributed by atoms with Gasteiger partial charge in [0.05, 0.1) is 12.6 Å². The number of benzene rings is 1. The highest BCUT2D eigenvalue weighted by molar-refractivity contribution is 7.10. The van der Waals surface area contributed by atoms with E-state index in [4.69, 9.17) is 14.2 Å². The summed E-state index contributed by atoms with van der Waals surface area (Å²) in [6, 6.07) is 7.97. The number of carbonyl (C=O) groups excluding carboxylic acids is 1. The molecule has 0 bridgehead atoms. The van der Waals surface area contributed by atoms with Gasteiger partial charge in [0.1, 0.15) is 0 Å². The van der Waals surface area contributed by atoms with Crippen LogP contribution in [0.5, 0.6) is 11.5 Å². The lowest BCUT2D eigenvalue weighted by molar-refractivity contribution is 0.144. The maximum atomic E-state index is 13.0. The van der Waals surface area contributed by atoms with Crippen molar-refractivity contribution < 1.29 is 19.0 Å². The molecule has 0 saturated heterocycles. The molecule has 1 N–H and O–H groups in total. The van der Waals surface area contributed by atoms with Gasteiger partial charge < -0.3 is 24.4 Å². The van der Waals surface area contributed by atoms with Crippen molar-refractivity contribution in [1.82, 2.24) is 10.2 Å². The van der Waals surface area contributed by atoms with E-state index < -0.39 is 0 Å². The Morgan fingerprint density at radius 1 is 1.33 bits per heavy atom. The molecular weight excluding hydrogens is 364 g/mol. The summed E-state index contributed by atoms with van der Waals surface area (Å²) in [6.45, 7) is 1.76. The van der Waals surface area contributed by atoms with Crippen molar-refractivity contribution in [3.05, 3.63) is 45.6 Å². The summed E-state index contributed by atoms with van der Waals surface area (Å²) in [5.74, 6) is 1.48. The second-order valence-corrected chi connectivity index (χ2v) is 7.80. The molecule has 1 aromatic heterocycles. The van der Waals surface area contributed by atoms with Crippen LogP contribution < -0.4 is 14.8 Å². The number of thiophene rings is 1. The average molecular weight is 388 g/mol. The third-order valence-corrected chi connectivity index (χ3v) is 6.01. The predicted octanol–water partition coefficient (Wildman–Crippen LogP) is 3.71. The highest BCUT2D eigenvalue weighted by atomic mass is 32.1. The third-order valence-electron chi connectivity index (χ3n) is 5.01. The van der Waals surface area contributed by atoms with Gasteiger partial charge in [0, 0.05) is 25.1 Å². The van der Waals surface area contributed by atoms with Crippen LogP contribution in [0.15, 0.2) is 29.6 Å². The quantitative estimate of drug-likeness (QED) is 0.820. The molecule has 0 saturated carbocycles. The molecule has 0 fully saturated rings. The molecule has 4 rings (SSSR count). The number of aryl methyl sites for hydroxylation is 1. The minimum atomic E-state index is -0.0613. The molecular formula is C20H24N2O4S. The van der Waals surface area contributed by atoms with Crippen LogP contribution in [0.3, 0.4) is 0 Å². The number of hydrogen-bond donors (Lipinski definition) is 1. The number of amides is 2. The van der Waals surface area contributed by atoms with Crippen LogP contribution in [0, 0.1) is 0 Å². The zero-order valence-electron chi connectivity index (χ0n) is 15.4. The molecule has 2 aromatic rings. The fraction of sp³-hybridized carbons (Fsp3) is 0.450. The van der Waals surface area contributed by atoms with Gasteiger partial charge in [-0.1, -0.05) is 6.07 Å². The van der Waals surface area contributed by atoms with E-state index in [1.165, 1.54) is 10.4 Å². The van der Waals surface area contributed by atoms with Crippen molar-refractivity contribution in [2.75, 3.05) is 27.1 Å². The lowest BCUT2D eigenvalue weighted by Crippen LogP contribution is -2.43. The summed E-state index contributed by atoms with van der Waals surface area (Å²) in [6.07, 6.45) is 3.21. The fourth-order valence-corrected chi connectivity index (χ4v) is 4.58. The molecule has 144 valence electrons. The molecule has 7 heteroatoms. The minimum absolute atomic E-state index is 0.0613. The van der Waals surface area contributed by atoms with Crippen molar-refractivity contribution in [3.63, 3.8) is 0 Å². The first-order chi connectivity index (χ1) is 13.2. The van der Waals surface area contributed by atoms with Crippen LogP contribution in [0.1, 0.15) is 34.9 Å². The molecule has 1 aromatic carbocycles. The highest BCUT2D eigenvalue weighted by Crippen LogP contribution is 2.34. The van der Waals surface area contributed by atoms with Gasteiger partial charge >= 0.3 is 6.03 Å². The fourth-order valence-electron chi connectivity index (χ4n) is 3.59. The maximum Gasteiger partial charge on any atom is 0.318 e. The molecule has 1 aliphatic carbocycles. The van der Waals surface area contributed by atoms with Crippen LogP contribution in [0.2, 0.25) is 0 Å². The van der Waals surface area contributed by atoms with Crippen molar-refractivity contribution >= 4 is 17.4 Å². The zero-order valence-corrected chi connectivity index (χ0v) is 16.2. The molecule has 2 heterocycles. The number of hydrogen-bond acceptors (Lipinski definition) is 5. The summed E-state index contributed by atoms with van der Waals surface area (Å²) in [7, 11) is 1.65. The Labute approximate surface area is 163 Å². The molecule has 0 radical (unpaired) electrons. The number of nitrogens with zero attached hydrogens (tertiary/aromatic N) is 1. The van der Waals surface area contributed by atoms with E-state index in [9.17, 15) is 4.79 Å². The van der Waals surface area contributed by atoms with Crippen molar-refractivity contribution in [1.29, 1.82) is 0 Å². The minimum Gasteiger partial charge on any atom is -0.454 e. The Bertz CT molecular complexity index is 807. The Morgan fingerprint density at radius 2 is 2.22 bits per heavy atom. The van der Waals surface area contributed by atoms with E-state index in [1.807, 2.05) is 18.2 Å². The van der Waals surface area contributed by atoms with Crippen LogP contribution in [0.25, 0.3) is 0 Å². The summed E-state index contributed by atoms with van der Waals surface area (Å²) < 4.78 is 16.0. The van der Waals surface area contributed by atoms with Gasteiger partial charge in [-0.3, -0.25) is 0 Å². The normalized spacial score (nSPS) is 17.4. The number of rotatable bonds is 6. The van der Waals surface area contributed by atoms with Crippen LogP contribution in [0.4, 0.5) is 4.79 Å². The van der Waals surface area contributed by atoms with Gasteiger partial charge in [-0.05, 0) is 54.0 Å². The monoisotopic (exact) mass is 388 g/mol. The topological polar surface area (TPSA) is 60.0 Å². The summed E-state index contributed by atoms with van der Waals surface area (Å²) in [5.41, 5.74) is 2.28.